The van der Waals surface area contributed by atoms with Crippen molar-refractivity contribution in [3.8, 4) is 5.75 Å². The molecular formula is C20H31ClN2O3. The second-order valence-corrected chi connectivity index (χ2v) is 7.19. The molecule has 2 atom stereocenters. The highest BCUT2D eigenvalue weighted by molar-refractivity contribution is 5.94. The summed E-state index contributed by atoms with van der Waals surface area (Å²) in [4.78, 5) is 12.6. The van der Waals surface area contributed by atoms with E-state index in [4.69, 9.17) is 15.2 Å². The number of rotatable bonds is 7. The van der Waals surface area contributed by atoms with Crippen LogP contribution in [0.5, 0.6) is 5.75 Å². The van der Waals surface area contributed by atoms with E-state index in [1.165, 1.54) is 19.3 Å². The molecule has 1 saturated carbocycles. The number of nitrogens with one attached hydrogen (secondary N) is 1. The lowest BCUT2D eigenvalue weighted by atomic mass is 9.84. The average Bonchev–Trinajstić information content (AvgIpc) is 3.19. The first-order valence-electron chi connectivity index (χ1n) is 9.61. The van der Waals surface area contributed by atoms with Gasteiger partial charge in [-0.25, -0.2) is 0 Å². The van der Waals surface area contributed by atoms with Gasteiger partial charge in [0.2, 0.25) is 0 Å². The largest absolute Gasteiger partial charge is 0.491 e. The van der Waals surface area contributed by atoms with Crippen molar-refractivity contribution < 1.29 is 14.3 Å². The maximum absolute atomic E-state index is 12.6. The van der Waals surface area contributed by atoms with Crippen LogP contribution in [0.1, 0.15) is 55.3 Å². The van der Waals surface area contributed by atoms with Gasteiger partial charge in [-0.2, -0.15) is 0 Å². The van der Waals surface area contributed by atoms with Crippen molar-refractivity contribution in [2.24, 2.45) is 11.7 Å². The van der Waals surface area contributed by atoms with E-state index in [1.807, 2.05) is 18.2 Å². The number of benzene rings is 1. The third kappa shape index (κ3) is 5.86. The highest BCUT2D eigenvalue weighted by Gasteiger charge is 2.24. The molecule has 1 aliphatic carbocycles. The Balaban J connectivity index is 0.00000243. The van der Waals surface area contributed by atoms with Gasteiger partial charge in [0.15, 0.2) is 0 Å². The molecule has 0 radical (unpaired) electrons. The Kier molecular flexibility index (Phi) is 8.69. The summed E-state index contributed by atoms with van der Waals surface area (Å²) < 4.78 is 11.4. The van der Waals surface area contributed by atoms with Crippen LogP contribution in [0.2, 0.25) is 0 Å². The zero-order valence-electron chi connectivity index (χ0n) is 15.3. The predicted molar refractivity (Wildman–Crippen MR) is 105 cm³/mol. The molecule has 2 aliphatic rings. The van der Waals surface area contributed by atoms with E-state index in [-0.39, 0.29) is 30.5 Å². The molecule has 0 spiro atoms. The van der Waals surface area contributed by atoms with E-state index < -0.39 is 0 Å². The molecule has 1 aromatic carbocycles. The molecule has 146 valence electrons. The molecule has 26 heavy (non-hydrogen) atoms. The van der Waals surface area contributed by atoms with E-state index >= 15 is 0 Å². The number of carbonyl (C=O) groups is 1. The summed E-state index contributed by atoms with van der Waals surface area (Å²) in [7, 11) is 0. The summed E-state index contributed by atoms with van der Waals surface area (Å²) >= 11 is 0. The van der Waals surface area contributed by atoms with E-state index in [0.717, 1.165) is 32.3 Å². The van der Waals surface area contributed by atoms with Crippen LogP contribution < -0.4 is 15.8 Å². The van der Waals surface area contributed by atoms with Crippen molar-refractivity contribution in [1.29, 1.82) is 0 Å². The summed E-state index contributed by atoms with van der Waals surface area (Å²) in [5, 5.41) is 3.13. The Hall–Kier alpha value is -1.30. The number of ether oxygens (including phenoxy) is 2. The van der Waals surface area contributed by atoms with Crippen molar-refractivity contribution in [2.45, 2.75) is 57.1 Å². The van der Waals surface area contributed by atoms with E-state index in [0.29, 0.717) is 30.4 Å². The van der Waals surface area contributed by atoms with Crippen molar-refractivity contribution in [3.63, 3.8) is 0 Å². The SMILES string of the molecule is Cl.NCC(NC(=O)c1cccc(OCC2CCCO2)c1)C1CCCCC1. The quantitative estimate of drug-likeness (QED) is 0.758. The third-order valence-electron chi connectivity index (χ3n) is 5.35. The van der Waals surface area contributed by atoms with E-state index in [9.17, 15) is 4.79 Å². The molecule has 3 rings (SSSR count). The zero-order chi connectivity index (χ0) is 17.5. The van der Waals surface area contributed by atoms with Gasteiger partial charge in [-0.1, -0.05) is 25.3 Å². The Morgan fingerprint density at radius 2 is 2.04 bits per heavy atom. The monoisotopic (exact) mass is 382 g/mol. The maximum atomic E-state index is 12.6. The van der Waals surface area contributed by atoms with Crippen LogP contribution >= 0.6 is 12.4 Å². The van der Waals surface area contributed by atoms with Gasteiger partial charge < -0.3 is 20.5 Å². The van der Waals surface area contributed by atoms with Gasteiger partial charge in [0.1, 0.15) is 12.4 Å². The molecule has 0 bridgehead atoms. The number of halogens is 1. The molecule has 0 aromatic heterocycles. The normalized spacial score (nSPS) is 21.7. The average molecular weight is 383 g/mol. The summed E-state index contributed by atoms with van der Waals surface area (Å²) in [5.41, 5.74) is 6.55. The minimum atomic E-state index is -0.0661. The molecular weight excluding hydrogens is 352 g/mol. The zero-order valence-corrected chi connectivity index (χ0v) is 16.1. The van der Waals surface area contributed by atoms with Crippen LogP contribution in [0, 0.1) is 5.92 Å². The molecule has 2 unspecified atom stereocenters. The summed E-state index contributed by atoms with van der Waals surface area (Å²) in [6, 6.07) is 7.43. The van der Waals surface area contributed by atoms with Crippen LogP contribution in [0.15, 0.2) is 24.3 Å². The van der Waals surface area contributed by atoms with Gasteiger partial charge in [0, 0.05) is 24.8 Å². The minimum absolute atomic E-state index is 0. The fourth-order valence-electron chi connectivity index (χ4n) is 3.85. The Bertz CT molecular complexity index is 558. The smallest absolute Gasteiger partial charge is 0.251 e. The van der Waals surface area contributed by atoms with Gasteiger partial charge in [-0.15, -0.1) is 12.4 Å². The Labute approximate surface area is 162 Å². The first kappa shape index (κ1) is 21.0. The molecule has 1 heterocycles. The molecule has 6 heteroatoms. The van der Waals surface area contributed by atoms with Gasteiger partial charge in [0.05, 0.1) is 6.10 Å². The van der Waals surface area contributed by atoms with Crippen LogP contribution in [-0.2, 0) is 4.74 Å². The second-order valence-electron chi connectivity index (χ2n) is 7.19. The molecule has 5 nitrogen and oxygen atoms in total. The number of hydrogen-bond donors (Lipinski definition) is 2. The molecule has 1 aliphatic heterocycles. The van der Waals surface area contributed by atoms with Crippen molar-refractivity contribution >= 4 is 18.3 Å². The highest BCUT2D eigenvalue weighted by Crippen LogP contribution is 2.26. The predicted octanol–water partition coefficient (Wildman–Crippen LogP) is 3.30. The van der Waals surface area contributed by atoms with Crippen LogP contribution in [0.4, 0.5) is 0 Å². The lowest BCUT2D eigenvalue weighted by molar-refractivity contribution is 0.0679. The minimum Gasteiger partial charge on any atom is -0.491 e. The van der Waals surface area contributed by atoms with E-state index in [1.54, 1.807) is 6.07 Å². The van der Waals surface area contributed by atoms with Gasteiger partial charge in [0.25, 0.3) is 5.91 Å². The van der Waals surface area contributed by atoms with Gasteiger partial charge >= 0.3 is 0 Å². The summed E-state index contributed by atoms with van der Waals surface area (Å²) in [5.74, 6) is 1.15. The van der Waals surface area contributed by atoms with Crippen LogP contribution in [0.25, 0.3) is 0 Å². The molecule has 1 aromatic rings. The van der Waals surface area contributed by atoms with Gasteiger partial charge in [-0.05, 0) is 49.8 Å². The highest BCUT2D eigenvalue weighted by atomic mass is 35.5. The fourth-order valence-corrected chi connectivity index (χ4v) is 3.85. The number of hydrogen-bond acceptors (Lipinski definition) is 4. The van der Waals surface area contributed by atoms with Crippen molar-refractivity contribution in [1.82, 2.24) is 5.32 Å². The second kappa shape index (κ2) is 10.8. The lowest BCUT2D eigenvalue weighted by Crippen LogP contribution is -2.45. The van der Waals surface area contributed by atoms with Crippen LogP contribution in [-0.4, -0.2) is 37.8 Å². The van der Waals surface area contributed by atoms with Crippen molar-refractivity contribution in [3.05, 3.63) is 29.8 Å². The van der Waals surface area contributed by atoms with Crippen LogP contribution in [0.3, 0.4) is 0 Å². The maximum Gasteiger partial charge on any atom is 0.251 e. The van der Waals surface area contributed by atoms with Gasteiger partial charge in [-0.3, -0.25) is 4.79 Å². The third-order valence-corrected chi connectivity index (χ3v) is 5.35. The van der Waals surface area contributed by atoms with E-state index in [2.05, 4.69) is 5.32 Å². The Morgan fingerprint density at radius 3 is 2.73 bits per heavy atom. The Morgan fingerprint density at radius 1 is 1.23 bits per heavy atom. The summed E-state index contributed by atoms with van der Waals surface area (Å²) in [6.45, 7) is 1.85. The number of nitrogens with two attached hydrogens (primary N) is 1. The number of carbonyl (C=O) groups excluding carboxylic acids is 1. The van der Waals surface area contributed by atoms with Crippen molar-refractivity contribution in [2.75, 3.05) is 19.8 Å². The number of amides is 1. The first-order valence-corrected chi connectivity index (χ1v) is 9.61. The summed E-state index contributed by atoms with van der Waals surface area (Å²) in [6.07, 6.45) is 8.40. The molecule has 3 N–H and O–H groups in total. The standard InChI is InChI=1S/C20H30N2O3.ClH/c21-13-19(15-6-2-1-3-7-15)22-20(23)16-8-4-9-17(12-16)25-14-18-10-5-11-24-18;/h4,8-9,12,15,18-19H,1-3,5-7,10-11,13-14,21H2,(H,22,23);1H. The molecule has 1 saturated heterocycles. The topological polar surface area (TPSA) is 73.6 Å². The molecule has 1 amide bonds. The fraction of sp³-hybridized carbons (Fsp3) is 0.650. The first-order chi connectivity index (χ1) is 12.3. The molecule has 2 fully saturated rings. The lowest BCUT2D eigenvalue weighted by Gasteiger charge is -2.30.